The number of aromatic nitrogens is 2. The van der Waals surface area contributed by atoms with Gasteiger partial charge in [0.2, 0.25) is 0 Å². The number of nitrogens with zero attached hydrogens (tertiary/aromatic N) is 5. The summed E-state index contributed by atoms with van der Waals surface area (Å²) in [7, 11) is 0. The van der Waals surface area contributed by atoms with Crippen molar-refractivity contribution < 1.29 is 9.53 Å². The Bertz CT molecular complexity index is 552. The van der Waals surface area contributed by atoms with E-state index in [0.717, 1.165) is 11.4 Å². The molecule has 23 heavy (non-hydrogen) atoms. The molecule has 0 unspecified atom stereocenters. The van der Waals surface area contributed by atoms with Crippen LogP contribution < -0.4 is 5.73 Å². The predicted molar refractivity (Wildman–Crippen MR) is 90.2 cm³/mol. The second kappa shape index (κ2) is 8.52. The molecule has 0 radical (unpaired) electrons. The number of halogens is 1. The minimum atomic E-state index is -0.282. The quantitative estimate of drug-likeness (QED) is 0.641. The van der Waals surface area contributed by atoms with Crippen LogP contribution in [0.2, 0.25) is 0 Å². The summed E-state index contributed by atoms with van der Waals surface area (Å²) in [4.78, 5) is 28.0. The molecule has 0 spiro atoms. The van der Waals surface area contributed by atoms with Crippen molar-refractivity contribution in [3.63, 3.8) is 0 Å². The Morgan fingerprint density at radius 3 is 2.26 bits per heavy atom. The van der Waals surface area contributed by atoms with E-state index in [1.807, 2.05) is 24.8 Å². The monoisotopic (exact) mass is 342 g/mol. The number of hydrogen-bond acceptors (Lipinski definition) is 5. The van der Waals surface area contributed by atoms with Crippen molar-refractivity contribution in [1.29, 1.82) is 0 Å². The summed E-state index contributed by atoms with van der Waals surface area (Å²) in [5.41, 5.74) is 7.73. The van der Waals surface area contributed by atoms with Crippen LogP contribution >= 0.6 is 12.4 Å². The number of guanidine groups is 1. The van der Waals surface area contributed by atoms with E-state index in [9.17, 15) is 4.79 Å². The number of hydrogen-bond donors (Lipinski definition) is 1. The molecule has 2 N–H and O–H groups in total. The third kappa shape index (κ3) is 5.24. The minimum absolute atomic E-state index is 0. The largest absolute Gasteiger partial charge is 0.450 e. The van der Waals surface area contributed by atoms with E-state index in [4.69, 9.17) is 10.5 Å². The standard InChI is InChI=1S/C14H22N6O2.ClH/c1-4-22-14(21)20-7-5-19(6-8-20)12(15)18-13-16-10(2)9-11(3)17-13;/h9H,4-8H2,1-3H3,(H2,15,16,17,18);1H. The highest BCUT2D eigenvalue weighted by molar-refractivity contribution is 5.85. The van der Waals surface area contributed by atoms with Gasteiger partial charge in [-0.25, -0.2) is 14.8 Å². The lowest BCUT2D eigenvalue weighted by atomic mass is 10.3. The van der Waals surface area contributed by atoms with Crippen molar-refractivity contribution in [2.24, 2.45) is 10.7 Å². The molecule has 1 aromatic rings. The molecule has 1 aliphatic rings. The van der Waals surface area contributed by atoms with Gasteiger partial charge in [-0.15, -0.1) is 12.4 Å². The van der Waals surface area contributed by atoms with Gasteiger partial charge in [0.1, 0.15) is 0 Å². The van der Waals surface area contributed by atoms with Crippen LogP contribution in [-0.4, -0.2) is 64.6 Å². The molecule has 1 amide bonds. The molecular formula is C14H23ClN6O2. The maximum atomic E-state index is 11.6. The Morgan fingerprint density at radius 2 is 1.74 bits per heavy atom. The molecule has 1 fully saturated rings. The topological polar surface area (TPSA) is 96.9 Å². The zero-order chi connectivity index (χ0) is 16.1. The van der Waals surface area contributed by atoms with Gasteiger partial charge in [0.15, 0.2) is 5.96 Å². The van der Waals surface area contributed by atoms with E-state index in [1.165, 1.54) is 0 Å². The Balaban J connectivity index is 0.00000264. The van der Waals surface area contributed by atoms with Gasteiger partial charge < -0.3 is 20.3 Å². The molecule has 8 nitrogen and oxygen atoms in total. The summed E-state index contributed by atoms with van der Waals surface area (Å²) in [6, 6.07) is 1.88. The van der Waals surface area contributed by atoms with Crippen molar-refractivity contribution >= 4 is 30.4 Å². The van der Waals surface area contributed by atoms with Crippen molar-refractivity contribution in [2.75, 3.05) is 32.8 Å². The van der Waals surface area contributed by atoms with Crippen molar-refractivity contribution in [3.8, 4) is 0 Å². The minimum Gasteiger partial charge on any atom is -0.450 e. The molecule has 0 atom stereocenters. The highest BCUT2D eigenvalue weighted by Crippen LogP contribution is 2.09. The van der Waals surface area contributed by atoms with Crippen LogP contribution in [0.4, 0.5) is 10.7 Å². The SMILES string of the molecule is CCOC(=O)N1CCN(C(N)=Nc2nc(C)cc(C)n2)CC1.Cl. The molecule has 0 aliphatic carbocycles. The number of carbonyl (C=O) groups excluding carboxylic acids is 1. The van der Waals surface area contributed by atoms with Crippen LogP contribution in [0.1, 0.15) is 18.3 Å². The summed E-state index contributed by atoms with van der Waals surface area (Å²) in [5, 5.41) is 0. The number of nitrogens with two attached hydrogens (primary N) is 1. The van der Waals surface area contributed by atoms with Crippen LogP contribution in [0.25, 0.3) is 0 Å². The number of aryl methyl sites for hydroxylation is 2. The van der Waals surface area contributed by atoms with Crippen molar-refractivity contribution in [1.82, 2.24) is 19.8 Å². The van der Waals surface area contributed by atoms with E-state index in [-0.39, 0.29) is 18.5 Å². The Hall–Kier alpha value is -2.09. The fourth-order valence-electron chi connectivity index (χ4n) is 2.26. The first-order valence-electron chi connectivity index (χ1n) is 7.32. The van der Waals surface area contributed by atoms with Gasteiger partial charge in [0, 0.05) is 37.6 Å². The lowest BCUT2D eigenvalue weighted by Gasteiger charge is -2.34. The Morgan fingerprint density at radius 1 is 1.22 bits per heavy atom. The molecule has 1 aromatic heterocycles. The molecule has 2 heterocycles. The van der Waals surface area contributed by atoms with E-state index >= 15 is 0 Å². The predicted octanol–water partition coefficient (Wildman–Crippen LogP) is 1.24. The fraction of sp³-hybridized carbons (Fsp3) is 0.571. The molecular weight excluding hydrogens is 320 g/mol. The number of piperazine rings is 1. The molecule has 0 aromatic carbocycles. The van der Waals surface area contributed by atoms with Crippen molar-refractivity contribution in [3.05, 3.63) is 17.5 Å². The van der Waals surface area contributed by atoms with Crippen LogP contribution in [0.5, 0.6) is 0 Å². The normalized spacial score (nSPS) is 15.2. The zero-order valence-corrected chi connectivity index (χ0v) is 14.5. The van der Waals surface area contributed by atoms with E-state index in [1.54, 1.807) is 11.8 Å². The van der Waals surface area contributed by atoms with Gasteiger partial charge in [-0.05, 0) is 26.8 Å². The van der Waals surface area contributed by atoms with Gasteiger partial charge in [0.25, 0.3) is 5.95 Å². The third-order valence-corrected chi connectivity index (χ3v) is 3.31. The van der Waals surface area contributed by atoms with Gasteiger partial charge in [-0.2, -0.15) is 4.99 Å². The lowest BCUT2D eigenvalue weighted by molar-refractivity contribution is 0.0918. The second-order valence-corrected chi connectivity index (χ2v) is 5.09. The van der Waals surface area contributed by atoms with Gasteiger partial charge in [-0.3, -0.25) is 0 Å². The molecule has 0 saturated carbocycles. The highest BCUT2D eigenvalue weighted by Gasteiger charge is 2.23. The summed E-state index contributed by atoms with van der Waals surface area (Å²) >= 11 is 0. The maximum Gasteiger partial charge on any atom is 0.409 e. The van der Waals surface area contributed by atoms with Gasteiger partial charge in [0.05, 0.1) is 6.61 Å². The summed E-state index contributed by atoms with van der Waals surface area (Å²) in [6.07, 6.45) is -0.282. The average molecular weight is 343 g/mol. The lowest BCUT2D eigenvalue weighted by Crippen LogP contribution is -2.52. The molecule has 2 rings (SSSR count). The summed E-state index contributed by atoms with van der Waals surface area (Å²) < 4.78 is 4.99. The average Bonchev–Trinajstić information content (AvgIpc) is 2.46. The Labute approximate surface area is 142 Å². The number of aliphatic imine (C=N–C) groups is 1. The first-order chi connectivity index (χ1) is 10.5. The molecule has 128 valence electrons. The van der Waals surface area contributed by atoms with Crippen LogP contribution in [0.15, 0.2) is 11.1 Å². The van der Waals surface area contributed by atoms with Crippen molar-refractivity contribution in [2.45, 2.75) is 20.8 Å². The maximum absolute atomic E-state index is 11.6. The van der Waals surface area contributed by atoms with E-state index in [0.29, 0.717) is 44.7 Å². The van der Waals surface area contributed by atoms with Gasteiger partial charge >= 0.3 is 6.09 Å². The van der Waals surface area contributed by atoms with E-state index < -0.39 is 0 Å². The van der Waals surface area contributed by atoms with Gasteiger partial charge in [-0.1, -0.05) is 0 Å². The highest BCUT2D eigenvalue weighted by atomic mass is 35.5. The first-order valence-corrected chi connectivity index (χ1v) is 7.32. The Kier molecular flexibility index (Phi) is 7.02. The fourth-order valence-corrected chi connectivity index (χ4v) is 2.26. The van der Waals surface area contributed by atoms with Crippen LogP contribution in [0, 0.1) is 13.8 Å². The molecule has 9 heteroatoms. The number of rotatable bonds is 2. The molecule has 1 saturated heterocycles. The third-order valence-electron chi connectivity index (χ3n) is 3.31. The second-order valence-electron chi connectivity index (χ2n) is 5.09. The smallest absolute Gasteiger partial charge is 0.409 e. The molecule has 1 aliphatic heterocycles. The van der Waals surface area contributed by atoms with Crippen LogP contribution in [-0.2, 0) is 4.74 Å². The number of carbonyl (C=O) groups is 1. The first kappa shape index (κ1) is 19.0. The van der Waals surface area contributed by atoms with Crippen LogP contribution in [0.3, 0.4) is 0 Å². The number of ether oxygens (including phenoxy) is 1. The number of amides is 1. The summed E-state index contributed by atoms with van der Waals surface area (Å²) in [5.74, 6) is 0.733. The molecule has 0 bridgehead atoms. The van der Waals surface area contributed by atoms with E-state index in [2.05, 4.69) is 15.0 Å². The zero-order valence-electron chi connectivity index (χ0n) is 13.7. The summed E-state index contributed by atoms with van der Waals surface area (Å²) in [6.45, 7) is 8.29.